The van der Waals surface area contributed by atoms with Crippen molar-refractivity contribution in [2.45, 2.75) is 13.8 Å². The van der Waals surface area contributed by atoms with Gasteiger partial charge in [0.05, 0.1) is 20.3 Å². The van der Waals surface area contributed by atoms with Gasteiger partial charge in [0.2, 0.25) is 5.91 Å². The van der Waals surface area contributed by atoms with Crippen LogP contribution in [0.15, 0.2) is 54.7 Å². The van der Waals surface area contributed by atoms with Crippen molar-refractivity contribution in [2.24, 2.45) is 0 Å². The fourth-order valence-electron chi connectivity index (χ4n) is 3.99. The minimum Gasteiger partial charge on any atom is -0.494 e. The van der Waals surface area contributed by atoms with E-state index in [1.54, 1.807) is 24.1 Å². The molecule has 9 heteroatoms. The van der Waals surface area contributed by atoms with Gasteiger partial charge < -0.3 is 24.6 Å². The van der Waals surface area contributed by atoms with Crippen LogP contribution in [0.3, 0.4) is 0 Å². The Morgan fingerprint density at radius 1 is 1.11 bits per heavy atom. The van der Waals surface area contributed by atoms with E-state index in [-0.39, 0.29) is 24.1 Å². The van der Waals surface area contributed by atoms with Gasteiger partial charge in [-0.25, -0.2) is 4.68 Å². The van der Waals surface area contributed by atoms with Gasteiger partial charge in [-0.1, -0.05) is 6.07 Å². The third-order valence-corrected chi connectivity index (χ3v) is 5.92. The van der Waals surface area contributed by atoms with Crippen molar-refractivity contribution in [2.75, 3.05) is 56.7 Å². The number of aromatic nitrogens is 2. The number of ether oxygens (including phenoxy) is 2. The number of aryl methyl sites for hydroxylation is 1. The largest absolute Gasteiger partial charge is 0.494 e. The summed E-state index contributed by atoms with van der Waals surface area (Å²) in [6.07, 6.45) is 1.72. The molecule has 0 aliphatic carbocycles. The molecule has 184 valence electrons. The maximum atomic E-state index is 13.1. The Morgan fingerprint density at radius 3 is 2.54 bits per heavy atom. The lowest BCUT2D eigenvalue weighted by Crippen LogP contribution is -2.38. The van der Waals surface area contributed by atoms with Gasteiger partial charge in [-0.3, -0.25) is 9.59 Å². The number of anilines is 2. The van der Waals surface area contributed by atoms with E-state index in [4.69, 9.17) is 9.47 Å². The van der Waals surface area contributed by atoms with Crippen molar-refractivity contribution < 1.29 is 19.1 Å². The van der Waals surface area contributed by atoms with Crippen LogP contribution in [0.2, 0.25) is 0 Å². The maximum Gasteiger partial charge on any atom is 0.274 e. The lowest BCUT2D eigenvalue weighted by Gasteiger charge is -2.29. The molecule has 0 unspecified atom stereocenters. The molecule has 3 aromatic rings. The molecule has 2 aromatic carbocycles. The van der Waals surface area contributed by atoms with E-state index in [0.717, 1.165) is 43.2 Å². The predicted octanol–water partition coefficient (Wildman–Crippen LogP) is 3.13. The van der Waals surface area contributed by atoms with E-state index in [1.807, 2.05) is 56.3 Å². The first kappa shape index (κ1) is 24.3. The van der Waals surface area contributed by atoms with Crippen LogP contribution in [-0.4, -0.2) is 73.0 Å². The Labute approximate surface area is 205 Å². The number of nitrogens with zero attached hydrogens (tertiary/aromatic N) is 4. The molecule has 1 aliphatic rings. The zero-order valence-corrected chi connectivity index (χ0v) is 20.4. The maximum absolute atomic E-state index is 13.1. The summed E-state index contributed by atoms with van der Waals surface area (Å²) in [4.78, 5) is 29.5. The molecule has 4 rings (SSSR count). The van der Waals surface area contributed by atoms with E-state index >= 15 is 0 Å². The summed E-state index contributed by atoms with van der Waals surface area (Å²) in [5, 5.41) is 7.32. The lowest BCUT2D eigenvalue weighted by molar-refractivity contribution is -0.116. The van der Waals surface area contributed by atoms with Gasteiger partial charge in [0.15, 0.2) is 5.69 Å². The van der Waals surface area contributed by atoms with E-state index in [0.29, 0.717) is 18.0 Å². The fraction of sp³-hybridized carbons (Fsp3) is 0.346. The van der Waals surface area contributed by atoms with E-state index < -0.39 is 0 Å². The Bertz CT molecular complexity index is 1170. The number of amides is 2. The number of carbonyl (C=O) groups excluding carboxylic acids is 2. The van der Waals surface area contributed by atoms with Crippen LogP contribution in [-0.2, 0) is 9.53 Å². The Morgan fingerprint density at radius 2 is 1.86 bits per heavy atom. The molecule has 1 aromatic heterocycles. The van der Waals surface area contributed by atoms with E-state index in [9.17, 15) is 9.59 Å². The van der Waals surface area contributed by atoms with Crippen molar-refractivity contribution in [3.63, 3.8) is 0 Å². The van der Waals surface area contributed by atoms with Crippen molar-refractivity contribution in [3.8, 4) is 11.4 Å². The molecule has 1 N–H and O–H groups in total. The number of nitrogens with one attached hydrogen (secondary N) is 1. The molecule has 35 heavy (non-hydrogen) atoms. The highest BCUT2D eigenvalue weighted by Crippen LogP contribution is 2.24. The summed E-state index contributed by atoms with van der Waals surface area (Å²) in [7, 11) is 1.59. The molecule has 0 atom stereocenters. The molecule has 2 heterocycles. The molecule has 0 radical (unpaired) electrons. The first-order chi connectivity index (χ1) is 17.0. The predicted molar refractivity (Wildman–Crippen MR) is 135 cm³/mol. The quantitative estimate of drug-likeness (QED) is 0.536. The monoisotopic (exact) mass is 477 g/mol. The molecule has 1 aliphatic heterocycles. The normalized spacial score (nSPS) is 13.4. The first-order valence-corrected chi connectivity index (χ1v) is 11.7. The van der Waals surface area contributed by atoms with Crippen molar-refractivity contribution in [1.29, 1.82) is 0 Å². The van der Waals surface area contributed by atoms with Gasteiger partial charge in [0, 0.05) is 37.2 Å². The number of methoxy groups -OCH3 is 1. The summed E-state index contributed by atoms with van der Waals surface area (Å²) < 4.78 is 12.4. The van der Waals surface area contributed by atoms with Gasteiger partial charge in [0.1, 0.15) is 18.0 Å². The number of carbonyl (C=O) groups is 2. The number of morpholine rings is 1. The Hall–Kier alpha value is -3.85. The molecule has 2 amide bonds. The number of likely N-dealkylation sites (N-methyl/N-ethyl adjacent to an activating group) is 1. The second kappa shape index (κ2) is 11.1. The highest BCUT2D eigenvalue weighted by Gasteiger charge is 2.21. The SMILES string of the molecule is CCN(CC(=O)Nc1ccc(N2CCOCC2)cc1)C(=O)c1ccn(-c2cc(C)ccc2OC)n1. The molecule has 0 saturated carbocycles. The van der Waals surface area contributed by atoms with Crippen LogP contribution in [0.4, 0.5) is 11.4 Å². The molecule has 1 saturated heterocycles. The summed E-state index contributed by atoms with van der Waals surface area (Å²) in [6, 6.07) is 15.1. The second-order valence-corrected chi connectivity index (χ2v) is 8.33. The topological polar surface area (TPSA) is 88.9 Å². The number of hydrogen-bond acceptors (Lipinski definition) is 6. The van der Waals surface area contributed by atoms with Gasteiger partial charge in [-0.2, -0.15) is 5.10 Å². The van der Waals surface area contributed by atoms with Gasteiger partial charge >= 0.3 is 0 Å². The fourth-order valence-corrected chi connectivity index (χ4v) is 3.99. The summed E-state index contributed by atoms with van der Waals surface area (Å²) in [5.41, 5.74) is 3.84. The molecule has 0 bridgehead atoms. The average molecular weight is 478 g/mol. The Balaban J connectivity index is 1.39. The van der Waals surface area contributed by atoms with Crippen LogP contribution in [0, 0.1) is 6.92 Å². The zero-order valence-electron chi connectivity index (χ0n) is 20.4. The van der Waals surface area contributed by atoms with Crippen LogP contribution >= 0.6 is 0 Å². The lowest BCUT2D eigenvalue weighted by atomic mass is 10.2. The van der Waals surface area contributed by atoms with Gasteiger partial charge in [-0.05, 0) is 61.9 Å². The van der Waals surface area contributed by atoms with Crippen LogP contribution in [0.1, 0.15) is 23.0 Å². The minimum absolute atomic E-state index is 0.0683. The number of benzene rings is 2. The first-order valence-electron chi connectivity index (χ1n) is 11.7. The highest BCUT2D eigenvalue weighted by atomic mass is 16.5. The standard InChI is InChI=1S/C26H31N5O4/c1-4-29(18-25(32)27-20-6-8-21(9-7-20)30-13-15-35-16-14-30)26(33)22-11-12-31(28-22)23-17-19(2)5-10-24(23)34-3/h5-12,17H,4,13-16,18H2,1-3H3,(H,27,32). The molecule has 1 fully saturated rings. The second-order valence-electron chi connectivity index (χ2n) is 8.33. The summed E-state index contributed by atoms with van der Waals surface area (Å²) in [5.74, 6) is 0.0823. The van der Waals surface area contributed by atoms with Crippen LogP contribution in [0.25, 0.3) is 5.69 Å². The summed E-state index contributed by atoms with van der Waals surface area (Å²) in [6.45, 7) is 7.27. The minimum atomic E-state index is -0.310. The molecule has 0 spiro atoms. The smallest absolute Gasteiger partial charge is 0.274 e. The molecular formula is C26H31N5O4. The molecule has 9 nitrogen and oxygen atoms in total. The third-order valence-electron chi connectivity index (χ3n) is 5.92. The van der Waals surface area contributed by atoms with E-state index in [2.05, 4.69) is 15.3 Å². The summed E-state index contributed by atoms with van der Waals surface area (Å²) >= 11 is 0. The van der Waals surface area contributed by atoms with Crippen molar-refractivity contribution >= 4 is 23.2 Å². The number of rotatable bonds is 8. The van der Waals surface area contributed by atoms with Gasteiger partial charge in [-0.15, -0.1) is 0 Å². The number of hydrogen-bond donors (Lipinski definition) is 1. The third kappa shape index (κ3) is 5.81. The average Bonchev–Trinajstić information content (AvgIpc) is 3.38. The highest BCUT2D eigenvalue weighted by molar-refractivity contribution is 5.98. The molecular weight excluding hydrogens is 446 g/mol. The zero-order chi connectivity index (χ0) is 24.8. The van der Waals surface area contributed by atoms with E-state index in [1.165, 1.54) is 4.90 Å². The van der Waals surface area contributed by atoms with Crippen LogP contribution in [0.5, 0.6) is 5.75 Å². The van der Waals surface area contributed by atoms with Crippen molar-refractivity contribution in [3.05, 3.63) is 66.0 Å². The van der Waals surface area contributed by atoms with Crippen LogP contribution < -0.4 is 15.0 Å². The van der Waals surface area contributed by atoms with Gasteiger partial charge in [0.25, 0.3) is 5.91 Å². The Kier molecular flexibility index (Phi) is 7.67. The van der Waals surface area contributed by atoms with Crippen molar-refractivity contribution in [1.82, 2.24) is 14.7 Å².